The van der Waals surface area contributed by atoms with E-state index in [1.807, 2.05) is 29.5 Å². The van der Waals surface area contributed by atoms with Crippen LogP contribution in [0.15, 0.2) is 158 Å². The smallest absolute Gasteiger partial charge is 0.164 e. The summed E-state index contributed by atoms with van der Waals surface area (Å²) in [6.07, 6.45) is 0. The van der Waals surface area contributed by atoms with Gasteiger partial charge in [0.2, 0.25) is 0 Å². The minimum atomic E-state index is 0.651. The lowest BCUT2D eigenvalue weighted by molar-refractivity contribution is 1.08. The van der Waals surface area contributed by atoms with E-state index in [-0.39, 0.29) is 0 Å². The van der Waals surface area contributed by atoms with Crippen LogP contribution in [0.4, 0.5) is 0 Å². The Morgan fingerprint density at radius 2 is 0.942 bits per heavy atom. The zero-order valence-corrected chi connectivity index (χ0v) is 29.2. The van der Waals surface area contributed by atoms with Crippen molar-refractivity contribution in [2.45, 2.75) is 0 Å². The van der Waals surface area contributed by atoms with Crippen molar-refractivity contribution >= 4 is 84.7 Å². The molecule has 6 heteroatoms. The Kier molecular flexibility index (Phi) is 6.56. The Bertz CT molecular complexity index is 3180. The molecule has 0 unspecified atom stereocenters. The summed E-state index contributed by atoms with van der Waals surface area (Å²) in [4.78, 5) is 20.7. The molecule has 0 saturated heterocycles. The maximum Gasteiger partial charge on any atom is 0.164 e. The van der Waals surface area contributed by atoms with Gasteiger partial charge in [0.05, 0.1) is 11.2 Å². The SMILES string of the molecule is c1ccc(-c2nc(-c3ccc4sc5ccc6c(-c7ccccc7)nc7ccccc7c6c5c4c3)nc(-c3cccc4sc5ccccc5c34)n2)cc1. The average Bonchev–Trinajstić information content (AvgIpc) is 3.79. The third-order valence-corrected chi connectivity index (χ3v) is 12.2. The van der Waals surface area contributed by atoms with E-state index in [0.717, 1.165) is 44.2 Å². The van der Waals surface area contributed by atoms with Gasteiger partial charge in [0.1, 0.15) is 0 Å². The number of thiophene rings is 2. The van der Waals surface area contributed by atoms with Crippen LogP contribution in [0.2, 0.25) is 0 Å². The molecule has 4 nitrogen and oxygen atoms in total. The average molecular weight is 699 g/mol. The summed E-state index contributed by atoms with van der Waals surface area (Å²) in [6, 6.07) is 55.4. The van der Waals surface area contributed by atoms with Crippen LogP contribution in [-0.4, -0.2) is 19.9 Å². The molecule has 0 atom stereocenters. The monoisotopic (exact) mass is 698 g/mol. The number of aromatic nitrogens is 4. The maximum atomic E-state index is 5.25. The Morgan fingerprint density at radius 1 is 0.327 bits per heavy atom. The number of pyridine rings is 1. The second kappa shape index (κ2) is 11.6. The molecule has 11 aromatic rings. The molecule has 0 fully saturated rings. The molecule has 7 aromatic carbocycles. The minimum absolute atomic E-state index is 0.651. The molecule has 0 aliphatic carbocycles. The second-order valence-electron chi connectivity index (χ2n) is 13.0. The van der Waals surface area contributed by atoms with Crippen molar-refractivity contribution in [3.8, 4) is 45.4 Å². The van der Waals surface area contributed by atoms with Gasteiger partial charge < -0.3 is 0 Å². The van der Waals surface area contributed by atoms with Crippen LogP contribution in [0.3, 0.4) is 0 Å². The number of nitrogens with zero attached hydrogens (tertiary/aromatic N) is 4. The van der Waals surface area contributed by atoms with E-state index in [2.05, 4.69) is 140 Å². The molecule has 242 valence electrons. The highest BCUT2D eigenvalue weighted by molar-refractivity contribution is 7.26. The molecule has 0 bridgehead atoms. The number of hydrogen-bond acceptors (Lipinski definition) is 6. The molecule has 0 aliphatic heterocycles. The van der Waals surface area contributed by atoms with Crippen LogP contribution in [0.1, 0.15) is 0 Å². The van der Waals surface area contributed by atoms with Crippen molar-refractivity contribution in [1.82, 2.24) is 19.9 Å². The summed E-state index contributed by atoms with van der Waals surface area (Å²) in [5, 5.41) is 8.35. The maximum absolute atomic E-state index is 5.25. The normalized spacial score (nSPS) is 11.8. The van der Waals surface area contributed by atoms with Gasteiger partial charge in [-0.3, -0.25) is 0 Å². The minimum Gasteiger partial charge on any atom is -0.247 e. The quantitative estimate of drug-likeness (QED) is 0.172. The van der Waals surface area contributed by atoms with Gasteiger partial charge in [0.25, 0.3) is 0 Å². The van der Waals surface area contributed by atoms with Crippen molar-refractivity contribution in [2.24, 2.45) is 0 Å². The van der Waals surface area contributed by atoms with Crippen molar-refractivity contribution in [3.05, 3.63) is 158 Å². The van der Waals surface area contributed by atoms with Crippen molar-refractivity contribution in [2.75, 3.05) is 0 Å². The van der Waals surface area contributed by atoms with Gasteiger partial charge in [0, 0.05) is 78.8 Å². The summed E-state index contributed by atoms with van der Waals surface area (Å²) >= 11 is 3.62. The highest BCUT2D eigenvalue weighted by Crippen LogP contribution is 2.45. The first-order chi connectivity index (χ1) is 25.8. The standard InChI is InChI=1S/C46H26N4S2/c1-3-12-27(13-4-1)43-32-23-25-39-42(41(32)30-16-7-9-19-35(30)47-43)34-26-29(22-24-37(34)52-39)45-48-44(28-14-5-2-6-15-28)49-46(50-45)33-18-11-21-38-40(33)31-17-8-10-20-36(31)51-38/h1-26H. The van der Waals surface area contributed by atoms with E-state index in [0.29, 0.717) is 17.5 Å². The molecular formula is C46H26N4S2. The molecule has 52 heavy (non-hydrogen) atoms. The van der Waals surface area contributed by atoms with Crippen LogP contribution in [-0.2, 0) is 0 Å². The fourth-order valence-corrected chi connectivity index (χ4v) is 9.79. The lowest BCUT2D eigenvalue weighted by Crippen LogP contribution is -2.00. The van der Waals surface area contributed by atoms with E-state index in [1.165, 1.54) is 45.7 Å². The topological polar surface area (TPSA) is 51.6 Å². The van der Waals surface area contributed by atoms with Gasteiger partial charge in [0.15, 0.2) is 17.5 Å². The Labute approximate surface area is 306 Å². The Morgan fingerprint density at radius 3 is 1.77 bits per heavy atom. The predicted octanol–water partition coefficient (Wildman–Crippen LogP) is 13.0. The molecule has 0 saturated carbocycles. The summed E-state index contributed by atoms with van der Waals surface area (Å²) < 4.78 is 4.94. The van der Waals surface area contributed by atoms with Crippen molar-refractivity contribution in [1.29, 1.82) is 0 Å². The van der Waals surface area contributed by atoms with Gasteiger partial charge in [-0.15, -0.1) is 22.7 Å². The lowest BCUT2D eigenvalue weighted by Gasteiger charge is -2.12. The Hall–Kier alpha value is -6.34. The van der Waals surface area contributed by atoms with Crippen LogP contribution in [0.5, 0.6) is 0 Å². The molecule has 4 aromatic heterocycles. The molecule has 0 N–H and O–H groups in total. The molecule has 0 aliphatic rings. The predicted molar refractivity (Wildman–Crippen MR) is 220 cm³/mol. The number of hydrogen-bond donors (Lipinski definition) is 0. The van der Waals surface area contributed by atoms with Gasteiger partial charge in [-0.1, -0.05) is 115 Å². The number of fused-ring (bicyclic) bond motifs is 10. The molecule has 0 radical (unpaired) electrons. The van der Waals surface area contributed by atoms with E-state index >= 15 is 0 Å². The lowest BCUT2D eigenvalue weighted by atomic mass is 9.96. The van der Waals surface area contributed by atoms with E-state index in [9.17, 15) is 0 Å². The highest BCUT2D eigenvalue weighted by Gasteiger charge is 2.20. The van der Waals surface area contributed by atoms with Crippen LogP contribution < -0.4 is 0 Å². The highest BCUT2D eigenvalue weighted by atomic mass is 32.1. The number of benzene rings is 7. The van der Waals surface area contributed by atoms with E-state index in [1.54, 1.807) is 11.3 Å². The third kappa shape index (κ3) is 4.58. The molecule has 11 rings (SSSR count). The fraction of sp³-hybridized carbons (Fsp3) is 0. The fourth-order valence-electron chi connectivity index (χ4n) is 7.57. The van der Waals surface area contributed by atoms with Crippen molar-refractivity contribution < 1.29 is 0 Å². The first-order valence-electron chi connectivity index (χ1n) is 17.2. The Balaban J connectivity index is 1.19. The van der Waals surface area contributed by atoms with Gasteiger partial charge >= 0.3 is 0 Å². The first-order valence-corrected chi connectivity index (χ1v) is 18.9. The van der Waals surface area contributed by atoms with Gasteiger partial charge in [-0.2, -0.15) is 0 Å². The molecule has 0 amide bonds. The third-order valence-electron chi connectivity index (χ3n) is 9.91. The summed E-state index contributed by atoms with van der Waals surface area (Å²) in [7, 11) is 0. The largest absolute Gasteiger partial charge is 0.247 e. The molecular weight excluding hydrogens is 673 g/mol. The second-order valence-corrected chi connectivity index (χ2v) is 15.1. The molecule has 0 spiro atoms. The summed E-state index contributed by atoms with van der Waals surface area (Å²) in [5.74, 6) is 1.98. The first kappa shape index (κ1) is 29.4. The van der Waals surface area contributed by atoms with Crippen LogP contribution in [0, 0.1) is 0 Å². The number of rotatable bonds is 4. The van der Waals surface area contributed by atoms with E-state index < -0.39 is 0 Å². The van der Waals surface area contributed by atoms with E-state index in [4.69, 9.17) is 19.9 Å². The molecule has 4 heterocycles. The van der Waals surface area contributed by atoms with Crippen molar-refractivity contribution in [3.63, 3.8) is 0 Å². The van der Waals surface area contributed by atoms with Crippen LogP contribution in [0.25, 0.3) is 107 Å². The summed E-state index contributed by atoms with van der Waals surface area (Å²) in [5.41, 5.74) is 6.01. The van der Waals surface area contributed by atoms with Gasteiger partial charge in [-0.25, -0.2) is 19.9 Å². The number of para-hydroxylation sites is 1. The zero-order chi connectivity index (χ0) is 34.2. The van der Waals surface area contributed by atoms with Crippen LogP contribution >= 0.6 is 22.7 Å². The zero-order valence-electron chi connectivity index (χ0n) is 27.6. The van der Waals surface area contributed by atoms with Gasteiger partial charge in [-0.05, 0) is 42.5 Å². The summed E-state index contributed by atoms with van der Waals surface area (Å²) in [6.45, 7) is 0.